The van der Waals surface area contributed by atoms with Crippen LogP contribution in [-0.2, 0) is 0 Å². The van der Waals surface area contributed by atoms with E-state index in [4.69, 9.17) is 5.26 Å². The predicted octanol–water partition coefficient (Wildman–Crippen LogP) is 2.12. The molecule has 1 atom stereocenters. The third-order valence-corrected chi connectivity index (χ3v) is 3.03. The number of rotatable bonds is 3. The van der Waals surface area contributed by atoms with Gasteiger partial charge in [-0.2, -0.15) is 5.26 Å². The standard InChI is InChI=1S/C10H10N4S/c1-8(5-6-11)15-10-13-12-9-4-2-3-7-14(9)10/h2-4,7-8H,5H2,1H3. The molecule has 0 aliphatic rings. The van der Waals surface area contributed by atoms with Gasteiger partial charge in [-0.05, 0) is 12.1 Å². The van der Waals surface area contributed by atoms with Crippen molar-refractivity contribution < 1.29 is 0 Å². The highest BCUT2D eigenvalue weighted by atomic mass is 32.2. The van der Waals surface area contributed by atoms with Crippen LogP contribution in [0.15, 0.2) is 29.6 Å². The Balaban J connectivity index is 2.25. The zero-order valence-electron chi connectivity index (χ0n) is 8.29. The summed E-state index contributed by atoms with van der Waals surface area (Å²) >= 11 is 1.57. The minimum Gasteiger partial charge on any atom is -0.277 e. The topological polar surface area (TPSA) is 54.0 Å². The average molecular weight is 218 g/mol. The van der Waals surface area contributed by atoms with Gasteiger partial charge in [0.05, 0.1) is 6.07 Å². The van der Waals surface area contributed by atoms with Crippen LogP contribution in [0, 0.1) is 11.3 Å². The van der Waals surface area contributed by atoms with E-state index in [1.165, 1.54) is 0 Å². The molecule has 2 rings (SSSR count). The highest BCUT2D eigenvalue weighted by molar-refractivity contribution is 7.99. The minimum absolute atomic E-state index is 0.239. The first-order valence-corrected chi connectivity index (χ1v) is 5.52. The summed E-state index contributed by atoms with van der Waals surface area (Å²) in [5, 5.41) is 17.8. The molecule has 0 aliphatic heterocycles. The van der Waals surface area contributed by atoms with E-state index in [2.05, 4.69) is 16.3 Å². The Kier molecular flexibility index (Phi) is 2.88. The van der Waals surface area contributed by atoms with Crippen molar-refractivity contribution in [3.05, 3.63) is 24.4 Å². The van der Waals surface area contributed by atoms with Gasteiger partial charge in [0.15, 0.2) is 10.8 Å². The Morgan fingerprint density at radius 3 is 3.20 bits per heavy atom. The largest absolute Gasteiger partial charge is 0.277 e. The van der Waals surface area contributed by atoms with Crippen LogP contribution in [0.5, 0.6) is 0 Å². The number of pyridine rings is 1. The molecule has 0 saturated heterocycles. The van der Waals surface area contributed by atoms with E-state index in [0.29, 0.717) is 6.42 Å². The SMILES string of the molecule is CC(CC#N)Sc1nnc2ccccn12. The van der Waals surface area contributed by atoms with E-state index in [1.807, 2.05) is 35.7 Å². The van der Waals surface area contributed by atoms with Gasteiger partial charge in [0, 0.05) is 17.9 Å². The Hall–Kier alpha value is -1.54. The van der Waals surface area contributed by atoms with E-state index in [1.54, 1.807) is 11.8 Å². The lowest BCUT2D eigenvalue weighted by molar-refractivity contribution is 0.900. The fraction of sp³-hybridized carbons (Fsp3) is 0.300. The molecular formula is C10H10N4S. The Morgan fingerprint density at radius 2 is 2.40 bits per heavy atom. The average Bonchev–Trinajstić information content (AvgIpc) is 2.62. The second-order valence-corrected chi connectivity index (χ2v) is 4.61. The van der Waals surface area contributed by atoms with Gasteiger partial charge in [0.1, 0.15) is 0 Å². The molecule has 1 unspecified atom stereocenters. The first kappa shape index (κ1) is 9.99. The number of fused-ring (bicyclic) bond motifs is 1. The van der Waals surface area contributed by atoms with E-state index in [9.17, 15) is 0 Å². The molecule has 0 fully saturated rings. The molecule has 2 aromatic rings. The van der Waals surface area contributed by atoms with Crippen LogP contribution < -0.4 is 0 Å². The van der Waals surface area contributed by atoms with Crippen molar-refractivity contribution in [3.8, 4) is 6.07 Å². The van der Waals surface area contributed by atoms with Gasteiger partial charge in [-0.1, -0.05) is 24.8 Å². The quantitative estimate of drug-likeness (QED) is 0.740. The number of hydrogen-bond donors (Lipinski definition) is 0. The smallest absolute Gasteiger partial charge is 0.195 e. The molecule has 15 heavy (non-hydrogen) atoms. The van der Waals surface area contributed by atoms with Crippen molar-refractivity contribution in [2.45, 2.75) is 23.8 Å². The summed E-state index contributed by atoms with van der Waals surface area (Å²) in [6.45, 7) is 2.01. The number of nitriles is 1. The molecule has 2 heterocycles. The summed E-state index contributed by atoms with van der Waals surface area (Å²) in [5.74, 6) is 0. The summed E-state index contributed by atoms with van der Waals surface area (Å²) in [5.41, 5.74) is 0.837. The van der Waals surface area contributed by atoms with E-state index >= 15 is 0 Å². The first-order valence-electron chi connectivity index (χ1n) is 4.64. The summed E-state index contributed by atoms with van der Waals surface area (Å²) in [7, 11) is 0. The molecule has 0 aromatic carbocycles. The van der Waals surface area contributed by atoms with E-state index < -0.39 is 0 Å². The van der Waals surface area contributed by atoms with Crippen molar-refractivity contribution in [3.63, 3.8) is 0 Å². The van der Waals surface area contributed by atoms with Crippen LogP contribution in [0.2, 0.25) is 0 Å². The molecule has 4 nitrogen and oxygen atoms in total. The predicted molar refractivity (Wildman–Crippen MR) is 58.5 cm³/mol. The number of thioether (sulfide) groups is 1. The van der Waals surface area contributed by atoms with Gasteiger partial charge < -0.3 is 0 Å². The van der Waals surface area contributed by atoms with E-state index in [-0.39, 0.29) is 5.25 Å². The molecular weight excluding hydrogens is 208 g/mol. The van der Waals surface area contributed by atoms with Crippen LogP contribution >= 0.6 is 11.8 Å². The van der Waals surface area contributed by atoms with Crippen molar-refractivity contribution in [2.24, 2.45) is 0 Å². The normalized spacial score (nSPS) is 12.5. The lowest BCUT2D eigenvalue weighted by Gasteiger charge is -2.03. The fourth-order valence-electron chi connectivity index (χ4n) is 1.25. The highest BCUT2D eigenvalue weighted by Crippen LogP contribution is 2.23. The molecule has 0 radical (unpaired) electrons. The molecule has 0 aliphatic carbocycles. The molecule has 2 aromatic heterocycles. The highest BCUT2D eigenvalue weighted by Gasteiger charge is 2.09. The molecule has 0 spiro atoms. The Morgan fingerprint density at radius 1 is 1.53 bits per heavy atom. The van der Waals surface area contributed by atoms with Crippen LogP contribution in [0.3, 0.4) is 0 Å². The van der Waals surface area contributed by atoms with Gasteiger partial charge in [-0.3, -0.25) is 4.40 Å². The molecule has 5 heteroatoms. The molecule has 0 N–H and O–H groups in total. The lowest BCUT2D eigenvalue weighted by atomic mass is 10.4. The third-order valence-electron chi connectivity index (χ3n) is 1.97. The van der Waals surface area contributed by atoms with Gasteiger partial charge >= 0.3 is 0 Å². The molecule has 76 valence electrons. The second-order valence-electron chi connectivity index (χ2n) is 3.20. The van der Waals surface area contributed by atoms with Gasteiger partial charge in [-0.15, -0.1) is 10.2 Å². The minimum atomic E-state index is 0.239. The zero-order chi connectivity index (χ0) is 10.7. The van der Waals surface area contributed by atoms with Crippen molar-refractivity contribution in [1.29, 1.82) is 5.26 Å². The monoisotopic (exact) mass is 218 g/mol. The van der Waals surface area contributed by atoms with Crippen molar-refractivity contribution >= 4 is 17.4 Å². The Labute approximate surface area is 91.9 Å². The molecule has 0 bridgehead atoms. The summed E-state index contributed by atoms with van der Waals surface area (Å²) in [4.78, 5) is 0. The summed E-state index contributed by atoms with van der Waals surface area (Å²) < 4.78 is 1.93. The van der Waals surface area contributed by atoms with Gasteiger partial charge in [0.2, 0.25) is 0 Å². The van der Waals surface area contributed by atoms with Gasteiger partial charge in [-0.25, -0.2) is 0 Å². The number of aromatic nitrogens is 3. The molecule has 0 amide bonds. The number of nitrogens with zero attached hydrogens (tertiary/aromatic N) is 4. The van der Waals surface area contributed by atoms with E-state index in [0.717, 1.165) is 10.8 Å². The van der Waals surface area contributed by atoms with Crippen LogP contribution in [0.1, 0.15) is 13.3 Å². The first-order chi connectivity index (χ1) is 7.31. The maximum Gasteiger partial charge on any atom is 0.195 e. The van der Waals surface area contributed by atoms with Crippen molar-refractivity contribution in [2.75, 3.05) is 0 Å². The maximum atomic E-state index is 8.57. The van der Waals surface area contributed by atoms with Gasteiger partial charge in [0.25, 0.3) is 0 Å². The summed E-state index contributed by atoms with van der Waals surface area (Å²) in [6.07, 6.45) is 2.45. The number of hydrogen-bond acceptors (Lipinski definition) is 4. The summed E-state index contributed by atoms with van der Waals surface area (Å²) in [6, 6.07) is 7.93. The lowest BCUT2D eigenvalue weighted by Crippen LogP contribution is -1.96. The Bertz CT molecular complexity index is 499. The van der Waals surface area contributed by atoms with Crippen LogP contribution in [0.4, 0.5) is 0 Å². The third kappa shape index (κ3) is 2.10. The van der Waals surface area contributed by atoms with Crippen LogP contribution in [-0.4, -0.2) is 19.8 Å². The molecule has 0 saturated carbocycles. The van der Waals surface area contributed by atoms with Crippen molar-refractivity contribution in [1.82, 2.24) is 14.6 Å². The fourth-order valence-corrected chi connectivity index (χ4v) is 2.12. The van der Waals surface area contributed by atoms with Crippen LogP contribution in [0.25, 0.3) is 5.65 Å². The second kappa shape index (κ2) is 4.32. The zero-order valence-corrected chi connectivity index (χ0v) is 9.11. The maximum absolute atomic E-state index is 8.57.